The molecule has 1 aliphatic heterocycles. The van der Waals surface area contributed by atoms with Gasteiger partial charge in [-0.15, -0.1) is 0 Å². The Morgan fingerprint density at radius 2 is 2.36 bits per heavy atom. The quantitative estimate of drug-likeness (QED) is 0.668. The summed E-state index contributed by atoms with van der Waals surface area (Å²) in [6, 6.07) is 0.450. The van der Waals surface area contributed by atoms with Crippen molar-refractivity contribution in [3.8, 4) is 0 Å². The molecule has 0 aromatic carbocycles. The molecule has 1 rings (SSSR count). The summed E-state index contributed by atoms with van der Waals surface area (Å²) < 4.78 is 0. The van der Waals surface area contributed by atoms with Crippen LogP contribution in [0.4, 0.5) is 0 Å². The summed E-state index contributed by atoms with van der Waals surface area (Å²) in [6.45, 7) is 5.17. The number of carbonyl (C=O) groups is 1. The first-order valence-corrected chi connectivity index (χ1v) is 5.40. The third kappa shape index (κ3) is 3.64. The zero-order valence-electron chi connectivity index (χ0n) is 8.83. The highest BCUT2D eigenvalue weighted by molar-refractivity contribution is 5.66. The van der Waals surface area contributed by atoms with Gasteiger partial charge in [-0.25, -0.2) is 0 Å². The highest BCUT2D eigenvalue weighted by Crippen LogP contribution is 2.14. The molecule has 0 bridgehead atoms. The Morgan fingerprint density at radius 3 is 2.86 bits per heavy atom. The van der Waals surface area contributed by atoms with Gasteiger partial charge in [-0.05, 0) is 12.8 Å². The molecule has 1 aliphatic rings. The second-order valence-electron chi connectivity index (χ2n) is 3.85. The molecule has 1 fully saturated rings. The van der Waals surface area contributed by atoms with Crippen molar-refractivity contribution in [1.82, 2.24) is 10.2 Å². The molecule has 1 unspecified atom stereocenters. The molecular weight excluding hydrogens is 180 g/mol. The van der Waals surface area contributed by atoms with Crippen molar-refractivity contribution in [2.45, 2.75) is 38.6 Å². The van der Waals surface area contributed by atoms with Crippen molar-refractivity contribution >= 4 is 5.97 Å². The number of nitrogens with zero attached hydrogens (tertiary/aromatic N) is 1. The SMILES string of the molecule is CCCC(CCC(=O)O)N1CCNC1. The van der Waals surface area contributed by atoms with Crippen LogP contribution in [-0.4, -0.2) is 41.8 Å². The Bertz CT molecular complexity index is 179. The van der Waals surface area contributed by atoms with Crippen molar-refractivity contribution < 1.29 is 9.90 Å². The molecule has 0 aromatic rings. The topological polar surface area (TPSA) is 52.6 Å². The zero-order chi connectivity index (χ0) is 10.4. The van der Waals surface area contributed by atoms with Gasteiger partial charge < -0.3 is 10.4 Å². The maximum absolute atomic E-state index is 10.5. The van der Waals surface area contributed by atoms with Crippen molar-refractivity contribution in [3.63, 3.8) is 0 Å². The second kappa shape index (κ2) is 5.98. The first kappa shape index (κ1) is 11.5. The molecule has 0 radical (unpaired) electrons. The molecule has 0 spiro atoms. The average Bonchev–Trinajstić information content (AvgIpc) is 2.64. The molecule has 0 aromatic heterocycles. The van der Waals surface area contributed by atoms with Gasteiger partial charge in [-0.3, -0.25) is 9.69 Å². The largest absolute Gasteiger partial charge is 0.481 e. The Labute approximate surface area is 85.3 Å². The van der Waals surface area contributed by atoms with Crippen LogP contribution in [0.5, 0.6) is 0 Å². The lowest BCUT2D eigenvalue weighted by Gasteiger charge is -2.25. The van der Waals surface area contributed by atoms with Crippen LogP contribution in [-0.2, 0) is 4.79 Å². The Balaban J connectivity index is 2.33. The van der Waals surface area contributed by atoms with Crippen molar-refractivity contribution in [1.29, 1.82) is 0 Å². The van der Waals surface area contributed by atoms with Crippen molar-refractivity contribution in [2.24, 2.45) is 0 Å². The standard InChI is InChI=1S/C10H20N2O2/c1-2-3-9(4-5-10(13)14)12-7-6-11-8-12/h9,11H,2-8H2,1H3,(H,13,14). The van der Waals surface area contributed by atoms with Gasteiger partial charge in [-0.1, -0.05) is 13.3 Å². The highest BCUT2D eigenvalue weighted by Gasteiger charge is 2.21. The van der Waals surface area contributed by atoms with E-state index in [0.717, 1.165) is 39.0 Å². The third-order valence-electron chi connectivity index (χ3n) is 2.72. The monoisotopic (exact) mass is 200 g/mol. The summed E-state index contributed by atoms with van der Waals surface area (Å²) in [5.74, 6) is -0.682. The molecule has 4 heteroatoms. The van der Waals surface area contributed by atoms with E-state index in [2.05, 4.69) is 17.1 Å². The van der Waals surface area contributed by atoms with Gasteiger partial charge in [0, 0.05) is 32.2 Å². The van der Waals surface area contributed by atoms with Crippen LogP contribution in [0.2, 0.25) is 0 Å². The average molecular weight is 200 g/mol. The summed E-state index contributed by atoms with van der Waals surface area (Å²) in [4.78, 5) is 12.8. The number of aliphatic carboxylic acids is 1. The van der Waals surface area contributed by atoms with Crippen LogP contribution in [0, 0.1) is 0 Å². The molecule has 82 valence electrons. The van der Waals surface area contributed by atoms with Crippen LogP contribution in [0.1, 0.15) is 32.6 Å². The van der Waals surface area contributed by atoms with E-state index in [1.54, 1.807) is 0 Å². The minimum Gasteiger partial charge on any atom is -0.481 e. The van der Waals surface area contributed by atoms with E-state index in [-0.39, 0.29) is 0 Å². The third-order valence-corrected chi connectivity index (χ3v) is 2.72. The van der Waals surface area contributed by atoms with Crippen LogP contribution in [0.15, 0.2) is 0 Å². The Hall–Kier alpha value is -0.610. The van der Waals surface area contributed by atoms with Gasteiger partial charge in [0.25, 0.3) is 0 Å². The van der Waals surface area contributed by atoms with Gasteiger partial charge in [0.15, 0.2) is 0 Å². The normalized spacial score (nSPS) is 19.8. The number of carboxylic acid groups (broad SMARTS) is 1. The van der Waals surface area contributed by atoms with Crippen molar-refractivity contribution in [2.75, 3.05) is 19.8 Å². The van der Waals surface area contributed by atoms with E-state index in [1.165, 1.54) is 0 Å². The maximum atomic E-state index is 10.5. The van der Waals surface area contributed by atoms with Gasteiger partial charge >= 0.3 is 5.97 Å². The number of carboxylic acids is 1. The van der Waals surface area contributed by atoms with Crippen molar-refractivity contribution in [3.05, 3.63) is 0 Å². The molecule has 0 amide bonds. The molecule has 1 atom stereocenters. The fourth-order valence-corrected chi connectivity index (χ4v) is 1.97. The summed E-state index contributed by atoms with van der Waals surface area (Å²) in [7, 11) is 0. The predicted molar refractivity (Wildman–Crippen MR) is 55.1 cm³/mol. The van der Waals surface area contributed by atoms with E-state index in [9.17, 15) is 4.79 Å². The molecular formula is C10H20N2O2. The van der Waals surface area contributed by atoms with E-state index in [0.29, 0.717) is 12.5 Å². The summed E-state index contributed by atoms with van der Waals surface area (Å²) in [5, 5.41) is 11.9. The molecule has 1 saturated heterocycles. The van der Waals surface area contributed by atoms with Gasteiger partial charge in [-0.2, -0.15) is 0 Å². The zero-order valence-corrected chi connectivity index (χ0v) is 8.83. The molecule has 2 N–H and O–H groups in total. The van der Waals surface area contributed by atoms with E-state index < -0.39 is 5.97 Å². The first-order chi connectivity index (χ1) is 6.74. The van der Waals surface area contributed by atoms with E-state index in [1.807, 2.05) is 0 Å². The fourth-order valence-electron chi connectivity index (χ4n) is 1.97. The highest BCUT2D eigenvalue weighted by atomic mass is 16.4. The number of nitrogens with one attached hydrogen (secondary N) is 1. The van der Waals surface area contributed by atoms with E-state index in [4.69, 9.17) is 5.11 Å². The summed E-state index contributed by atoms with van der Waals surface area (Å²) in [6.07, 6.45) is 3.31. The van der Waals surface area contributed by atoms with Gasteiger partial charge in [0.05, 0.1) is 0 Å². The summed E-state index contributed by atoms with van der Waals surface area (Å²) in [5.41, 5.74) is 0. The van der Waals surface area contributed by atoms with E-state index >= 15 is 0 Å². The molecule has 1 heterocycles. The molecule has 0 aliphatic carbocycles. The first-order valence-electron chi connectivity index (χ1n) is 5.40. The minimum absolute atomic E-state index is 0.293. The lowest BCUT2D eigenvalue weighted by atomic mass is 10.1. The molecule has 14 heavy (non-hydrogen) atoms. The van der Waals surface area contributed by atoms with Gasteiger partial charge in [0.2, 0.25) is 0 Å². The minimum atomic E-state index is -0.682. The number of hydrogen-bond acceptors (Lipinski definition) is 3. The van der Waals surface area contributed by atoms with Gasteiger partial charge in [0.1, 0.15) is 0 Å². The summed E-state index contributed by atoms with van der Waals surface area (Å²) >= 11 is 0. The van der Waals surface area contributed by atoms with Crippen LogP contribution in [0.25, 0.3) is 0 Å². The Kier molecular flexibility index (Phi) is 4.90. The molecule has 0 saturated carbocycles. The number of rotatable bonds is 6. The lowest BCUT2D eigenvalue weighted by Crippen LogP contribution is -2.34. The Morgan fingerprint density at radius 1 is 1.57 bits per heavy atom. The predicted octanol–water partition coefficient (Wildman–Crippen LogP) is 0.883. The second-order valence-corrected chi connectivity index (χ2v) is 3.85. The number of hydrogen-bond donors (Lipinski definition) is 2. The van der Waals surface area contributed by atoms with Crippen LogP contribution in [0.3, 0.4) is 0 Å². The fraction of sp³-hybridized carbons (Fsp3) is 0.900. The smallest absolute Gasteiger partial charge is 0.303 e. The molecule has 4 nitrogen and oxygen atoms in total. The maximum Gasteiger partial charge on any atom is 0.303 e. The van der Waals surface area contributed by atoms with Crippen LogP contribution < -0.4 is 5.32 Å². The van der Waals surface area contributed by atoms with Crippen LogP contribution >= 0.6 is 0 Å². The lowest BCUT2D eigenvalue weighted by molar-refractivity contribution is -0.137.